The quantitative estimate of drug-likeness (QED) is 0.655. The summed E-state index contributed by atoms with van der Waals surface area (Å²) in [5.74, 6) is -0.0231. The van der Waals surface area contributed by atoms with E-state index >= 15 is 0 Å². The second-order valence-corrected chi connectivity index (χ2v) is 6.12. The summed E-state index contributed by atoms with van der Waals surface area (Å²) in [6.45, 7) is 0.631. The van der Waals surface area contributed by atoms with Crippen molar-refractivity contribution in [3.8, 4) is 0 Å². The maximum atomic E-state index is 12.0. The summed E-state index contributed by atoms with van der Waals surface area (Å²) in [4.78, 5) is 15.2. The van der Waals surface area contributed by atoms with E-state index in [-0.39, 0.29) is 5.91 Å². The van der Waals surface area contributed by atoms with Crippen LogP contribution in [0, 0.1) is 3.57 Å². The molecule has 4 heteroatoms. The zero-order valence-corrected chi connectivity index (χ0v) is 13.6. The van der Waals surface area contributed by atoms with Crippen LogP contribution in [0.5, 0.6) is 0 Å². The molecule has 0 spiro atoms. The first kappa shape index (κ1) is 14.1. The summed E-state index contributed by atoms with van der Waals surface area (Å²) in [7, 11) is 0. The van der Waals surface area contributed by atoms with Crippen LogP contribution in [0.25, 0.3) is 10.9 Å². The van der Waals surface area contributed by atoms with Crippen molar-refractivity contribution >= 4 is 39.4 Å². The van der Waals surface area contributed by atoms with E-state index in [1.165, 1.54) is 14.5 Å². The van der Waals surface area contributed by atoms with Crippen LogP contribution >= 0.6 is 22.6 Å². The Bertz CT molecular complexity index is 765. The molecule has 0 unspecified atom stereocenters. The van der Waals surface area contributed by atoms with Gasteiger partial charge in [0.1, 0.15) is 0 Å². The lowest BCUT2D eigenvalue weighted by Gasteiger charge is -2.05. The average Bonchev–Trinajstić information content (AvgIpc) is 2.90. The summed E-state index contributed by atoms with van der Waals surface area (Å²) in [5, 5.41) is 4.19. The molecule has 0 aliphatic heterocycles. The van der Waals surface area contributed by atoms with Gasteiger partial charge in [0.15, 0.2) is 0 Å². The number of amides is 1. The molecule has 3 rings (SSSR count). The van der Waals surface area contributed by atoms with Gasteiger partial charge in [-0.15, -0.1) is 0 Å². The Hall–Kier alpha value is -1.82. The number of carbonyl (C=O) groups is 1. The summed E-state index contributed by atoms with van der Waals surface area (Å²) in [6.07, 6.45) is 2.84. The van der Waals surface area contributed by atoms with Gasteiger partial charge in [-0.25, -0.2) is 0 Å². The van der Waals surface area contributed by atoms with Crippen molar-refractivity contribution in [1.82, 2.24) is 10.3 Å². The molecule has 1 aromatic heterocycles. The van der Waals surface area contributed by atoms with E-state index in [1.54, 1.807) is 0 Å². The minimum atomic E-state index is -0.0231. The number of carbonyl (C=O) groups excluding carboxylic acids is 1. The van der Waals surface area contributed by atoms with Gasteiger partial charge >= 0.3 is 0 Å². The largest absolute Gasteiger partial charge is 0.361 e. The summed E-state index contributed by atoms with van der Waals surface area (Å²) >= 11 is 2.31. The van der Waals surface area contributed by atoms with Crippen LogP contribution in [0.2, 0.25) is 0 Å². The predicted octanol–water partition coefficient (Wildman–Crippen LogP) is 3.75. The summed E-state index contributed by atoms with van der Waals surface area (Å²) in [6, 6.07) is 15.6. The van der Waals surface area contributed by atoms with Gasteiger partial charge < -0.3 is 10.3 Å². The fourth-order valence-electron chi connectivity index (χ4n) is 2.36. The predicted molar refractivity (Wildman–Crippen MR) is 93.5 cm³/mol. The molecule has 0 aliphatic rings. The first-order chi connectivity index (χ1) is 10.2. The maximum absolute atomic E-state index is 12.0. The van der Waals surface area contributed by atoms with E-state index in [0.29, 0.717) is 12.1 Å². The highest BCUT2D eigenvalue weighted by Gasteiger charge is 2.06. The highest BCUT2D eigenvalue weighted by Crippen LogP contribution is 2.21. The molecule has 0 saturated carbocycles. The third-order valence-corrected chi connectivity index (χ3v) is 4.12. The maximum Gasteiger partial charge on any atom is 0.251 e. The first-order valence-corrected chi connectivity index (χ1v) is 7.91. The standard InChI is InChI=1S/C17H15IN2O/c18-14-6-7-16-15(10-14)13(11-20-16)8-9-19-17(21)12-4-2-1-3-5-12/h1-7,10-11,20H,8-9H2,(H,19,21). The molecule has 3 nitrogen and oxygen atoms in total. The van der Waals surface area contributed by atoms with Crippen molar-refractivity contribution in [2.45, 2.75) is 6.42 Å². The number of hydrogen-bond donors (Lipinski definition) is 2. The molecule has 21 heavy (non-hydrogen) atoms. The fourth-order valence-corrected chi connectivity index (χ4v) is 2.85. The van der Waals surface area contributed by atoms with E-state index in [2.05, 4.69) is 51.1 Å². The molecule has 3 aromatic rings. The van der Waals surface area contributed by atoms with Crippen LogP contribution in [-0.2, 0) is 6.42 Å². The Balaban J connectivity index is 1.65. The minimum absolute atomic E-state index is 0.0231. The first-order valence-electron chi connectivity index (χ1n) is 6.83. The highest BCUT2D eigenvalue weighted by atomic mass is 127. The molecule has 2 aromatic carbocycles. The Kier molecular flexibility index (Phi) is 4.24. The average molecular weight is 390 g/mol. The zero-order valence-electron chi connectivity index (χ0n) is 11.4. The van der Waals surface area contributed by atoms with Gasteiger partial charge in [-0.1, -0.05) is 18.2 Å². The topological polar surface area (TPSA) is 44.9 Å². The van der Waals surface area contributed by atoms with Gasteiger partial charge in [0.05, 0.1) is 0 Å². The monoisotopic (exact) mass is 390 g/mol. The fraction of sp³-hybridized carbons (Fsp3) is 0.118. The molecule has 2 N–H and O–H groups in total. The van der Waals surface area contributed by atoms with Gasteiger partial charge in [-0.3, -0.25) is 4.79 Å². The van der Waals surface area contributed by atoms with Crippen LogP contribution in [-0.4, -0.2) is 17.4 Å². The second-order valence-electron chi connectivity index (χ2n) is 4.88. The number of fused-ring (bicyclic) bond motifs is 1. The highest BCUT2D eigenvalue weighted by molar-refractivity contribution is 14.1. The molecule has 0 atom stereocenters. The number of aromatic nitrogens is 1. The van der Waals surface area contributed by atoms with Crippen LogP contribution < -0.4 is 5.32 Å². The third kappa shape index (κ3) is 3.26. The molecule has 0 radical (unpaired) electrons. The number of halogens is 1. The van der Waals surface area contributed by atoms with E-state index < -0.39 is 0 Å². The number of rotatable bonds is 4. The van der Waals surface area contributed by atoms with Crippen LogP contribution in [0.3, 0.4) is 0 Å². The van der Waals surface area contributed by atoms with E-state index in [4.69, 9.17) is 0 Å². The lowest BCUT2D eigenvalue weighted by Crippen LogP contribution is -2.25. The Morgan fingerprint density at radius 3 is 2.76 bits per heavy atom. The number of benzene rings is 2. The third-order valence-electron chi connectivity index (χ3n) is 3.45. The molecule has 1 heterocycles. The normalized spacial score (nSPS) is 10.7. The Labute approximate surface area is 136 Å². The van der Waals surface area contributed by atoms with Gasteiger partial charge in [-0.05, 0) is 64.9 Å². The van der Waals surface area contributed by atoms with Crippen molar-refractivity contribution in [2.24, 2.45) is 0 Å². The van der Waals surface area contributed by atoms with Crippen LogP contribution in [0.15, 0.2) is 54.7 Å². The van der Waals surface area contributed by atoms with E-state index in [0.717, 1.165) is 11.9 Å². The van der Waals surface area contributed by atoms with Gasteiger partial charge in [0.2, 0.25) is 0 Å². The Morgan fingerprint density at radius 1 is 1.14 bits per heavy atom. The number of H-pyrrole nitrogens is 1. The van der Waals surface area contributed by atoms with Gasteiger partial charge in [0.25, 0.3) is 5.91 Å². The smallest absolute Gasteiger partial charge is 0.251 e. The number of aromatic amines is 1. The molecule has 0 fully saturated rings. The molecule has 1 amide bonds. The molecule has 0 aliphatic carbocycles. The summed E-state index contributed by atoms with van der Waals surface area (Å²) in [5.41, 5.74) is 3.07. The molecule has 0 saturated heterocycles. The van der Waals surface area contributed by atoms with Crippen molar-refractivity contribution in [3.05, 3.63) is 69.4 Å². The van der Waals surface area contributed by atoms with E-state index in [9.17, 15) is 4.79 Å². The molecular weight excluding hydrogens is 375 g/mol. The van der Waals surface area contributed by atoms with Gasteiger partial charge in [-0.2, -0.15) is 0 Å². The SMILES string of the molecule is O=C(NCCc1c[nH]c2ccc(I)cc12)c1ccccc1. The number of nitrogens with one attached hydrogen (secondary N) is 2. The summed E-state index contributed by atoms with van der Waals surface area (Å²) < 4.78 is 1.22. The molecule has 106 valence electrons. The van der Waals surface area contributed by atoms with E-state index in [1.807, 2.05) is 36.5 Å². The van der Waals surface area contributed by atoms with Crippen LogP contribution in [0.4, 0.5) is 0 Å². The number of hydrogen-bond acceptors (Lipinski definition) is 1. The molecular formula is C17H15IN2O. The minimum Gasteiger partial charge on any atom is -0.361 e. The molecule has 0 bridgehead atoms. The van der Waals surface area contributed by atoms with Crippen molar-refractivity contribution in [3.63, 3.8) is 0 Å². The zero-order chi connectivity index (χ0) is 14.7. The van der Waals surface area contributed by atoms with Crippen molar-refractivity contribution in [2.75, 3.05) is 6.54 Å². The van der Waals surface area contributed by atoms with Crippen molar-refractivity contribution < 1.29 is 4.79 Å². The lowest BCUT2D eigenvalue weighted by atomic mass is 10.1. The lowest BCUT2D eigenvalue weighted by molar-refractivity contribution is 0.0954. The Morgan fingerprint density at radius 2 is 1.95 bits per heavy atom. The van der Waals surface area contributed by atoms with Gasteiger partial charge in [0, 0.05) is 32.8 Å². The van der Waals surface area contributed by atoms with Crippen LogP contribution in [0.1, 0.15) is 15.9 Å². The van der Waals surface area contributed by atoms with Crippen molar-refractivity contribution in [1.29, 1.82) is 0 Å². The second kappa shape index (κ2) is 6.30.